The van der Waals surface area contributed by atoms with Crippen LogP contribution in [0.5, 0.6) is 0 Å². The van der Waals surface area contributed by atoms with Crippen LogP contribution in [0.2, 0.25) is 0 Å². The average molecular weight is 593 g/mol. The van der Waals surface area contributed by atoms with E-state index in [2.05, 4.69) is 16.0 Å². The van der Waals surface area contributed by atoms with Crippen LogP contribution in [0.1, 0.15) is 19.8 Å². The van der Waals surface area contributed by atoms with Crippen LogP contribution in [0.3, 0.4) is 0 Å². The molecular weight excluding hydrogens is 544 g/mol. The van der Waals surface area contributed by atoms with Crippen LogP contribution >= 0.6 is 0 Å². The molecule has 2 unspecified atom stereocenters. The van der Waals surface area contributed by atoms with Gasteiger partial charge in [0.1, 0.15) is 35.8 Å². The highest BCUT2D eigenvalue weighted by Crippen LogP contribution is 2.36. The standard InChI is InChI=1S/C25H48N6O10/c1-25(38)10-39-24(19(36)22(25)29-2)41-21-15(31-23(37)16(34)6-26)5-14(28)17(18(21)35)20-13(27)4-3-12(40-20)8-30-7-11(33)9-32/h3,11,13-22,24,29-30,32-36,38H,4-10,26-28H2,1-2H3,(H,31,37)/t11?,13-,14+,15-,16-,17-,18+,19-,20?,21+,22-,24-,25+/m1/s1. The number of rotatable bonds is 12. The molecule has 3 aliphatic rings. The zero-order valence-corrected chi connectivity index (χ0v) is 23.5. The van der Waals surface area contributed by atoms with E-state index in [9.17, 15) is 30.3 Å². The molecular formula is C25H48N6O10. The summed E-state index contributed by atoms with van der Waals surface area (Å²) in [6.07, 6.45) is -6.08. The molecule has 2 aliphatic heterocycles. The lowest BCUT2D eigenvalue weighted by atomic mass is 9.72. The molecule has 1 aliphatic carbocycles. The Hall–Kier alpha value is -1.51. The predicted octanol–water partition coefficient (Wildman–Crippen LogP) is -6.12. The van der Waals surface area contributed by atoms with Crippen LogP contribution < -0.4 is 33.2 Å². The molecule has 0 aromatic rings. The minimum Gasteiger partial charge on any atom is -0.492 e. The van der Waals surface area contributed by atoms with Crippen molar-refractivity contribution in [2.45, 2.75) is 92.4 Å². The highest BCUT2D eigenvalue weighted by molar-refractivity contribution is 5.81. The van der Waals surface area contributed by atoms with Gasteiger partial charge in [-0.2, -0.15) is 0 Å². The number of aliphatic hydroxyl groups excluding tert-OH is 5. The molecule has 2 heterocycles. The zero-order chi connectivity index (χ0) is 30.5. The Kier molecular flexibility index (Phi) is 12.3. The lowest BCUT2D eigenvalue weighted by Crippen LogP contribution is -2.69. The van der Waals surface area contributed by atoms with Crippen molar-refractivity contribution in [2.75, 3.05) is 39.9 Å². The number of carbonyl (C=O) groups excluding carboxylic acids is 1. The van der Waals surface area contributed by atoms with Gasteiger partial charge in [-0.15, -0.1) is 0 Å². The Bertz CT molecular complexity index is 884. The monoisotopic (exact) mass is 592 g/mol. The second-order valence-corrected chi connectivity index (χ2v) is 11.3. The number of aliphatic hydroxyl groups is 6. The number of ether oxygens (including phenoxy) is 3. The highest BCUT2D eigenvalue weighted by atomic mass is 16.7. The molecule has 0 aromatic carbocycles. The molecule has 3 rings (SSSR count). The van der Waals surface area contributed by atoms with Gasteiger partial charge in [-0.1, -0.05) is 0 Å². The van der Waals surface area contributed by atoms with Crippen molar-refractivity contribution < 1.29 is 49.6 Å². The van der Waals surface area contributed by atoms with Gasteiger partial charge >= 0.3 is 0 Å². The number of hydrogen-bond acceptors (Lipinski definition) is 15. The summed E-state index contributed by atoms with van der Waals surface area (Å²) in [6.45, 7) is 0.973. The first-order chi connectivity index (χ1) is 19.3. The van der Waals surface area contributed by atoms with Crippen LogP contribution in [-0.2, 0) is 19.0 Å². The van der Waals surface area contributed by atoms with Gasteiger partial charge < -0.3 is 78.0 Å². The van der Waals surface area contributed by atoms with Crippen LogP contribution in [0.4, 0.5) is 0 Å². The van der Waals surface area contributed by atoms with Gasteiger partial charge in [0, 0.05) is 31.1 Å². The number of nitrogens with two attached hydrogens (primary N) is 3. The maximum Gasteiger partial charge on any atom is 0.250 e. The van der Waals surface area contributed by atoms with Gasteiger partial charge in [0.2, 0.25) is 5.91 Å². The Balaban J connectivity index is 1.82. The number of likely N-dealkylation sites (N-methyl/N-ethyl adjacent to an activating group) is 1. The summed E-state index contributed by atoms with van der Waals surface area (Å²) in [5.41, 5.74) is 17.0. The summed E-state index contributed by atoms with van der Waals surface area (Å²) in [5.74, 6) is -1.04. The fraction of sp³-hybridized carbons (Fsp3) is 0.880. The summed E-state index contributed by atoms with van der Waals surface area (Å²) in [5, 5.41) is 70.3. The molecule has 1 saturated carbocycles. The van der Waals surface area contributed by atoms with Crippen LogP contribution in [0.15, 0.2) is 11.8 Å². The van der Waals surface area contributed by atoms with Crippen molar-refractivity contribution in [2.24, 2.45) is 23.1 Å². The molecule has 1 saturated heterocycles. The van der Waals surface area contributed by atoms with Crippen LogP contribution in [0.25, 0.3) is 0 Å². The number of amides is 1. The molecule has 1 amide bonds. The van der Waals surface area contributed by atoms with E-state index in [1.54, 1.807) is 13.1 Å². The first kappa shape index (κ1) is 34.0. The molecule has 16 heteroatoms. The summed E-state index contributed by atoms with van der Waals surface area (Å²) in [7, 11) is 1.57. The first-order valence-corrected chi connectivity index (χ1v) is 13.9. The Labute approximate surface area is 239 Å². The smallest absolute Gasteiger partial charge is 0.250 e. The van der Waals surface area contributed by atoms with E-state index in [1.165, 1.54) is 6.92 Å². The fourth-order valence-corrected chi connectivity index (χ4v) is 5.77. The molecule has 0 aromatic heterocycles. The molecule has 16 nitrogen and oxygen atoms in total. The van der Waals surface area contributed by atoms with Crippen molar-refractivity contribution in [3.8, 4) is 0 Å². The molecule has 0 radical (unpaired) electrons. The van der Waals surface area contributed by atoms with Crippen molar-refractivity contribution in [3.05, 3.63) is 11.8 Å². The Morgan fingerprint density at radius 3 is 2.59 bits per heavy atom. The van der Waals surface area contributed by atoms with Crippen molar-refractivity contribution in [3.63, 3.8) is 0 Å². The number of nitrogens with one attached hydrogen (secondary N) is 3. The van der Waals surface area contributed by atoms with Crippen LogP contribution in [0, 0.1) is 5.92 Å². The molecule has 238 valence electrons. The van der Waals surface area contributed by atoms with E-state index in [-0.39, 0.29) is 32.7 Å². The maximum atomic E-state index is 12.6. The Morgan fingerprint density at radius 2 is 1.95 bits per heavy atom. The van der Waals surface area contributed by atoms with Gasteiger partial charge in [0.25, 0.3) is 0 Å². The summed E-state index contributed by atoms with van der Waals surface area (Å²) in [4.78, 5) is 12.6. The molecule has 0 spiro atoms. The van der Waals surface area contributed by atoms with E-state index >= 15 is 0 Å². The molecule has 41 heavy (non-hydrogen) atoms. The van der Waals surface area contributed by atoms with Gasteiger partial charge in [-0.05, 0) is 32.9 Å². The average Bonchev–Trinajstić information content (AvgIpc) is 2.92. The van der Waals surface area contributed by atoms with E-state index in [1.807, 2.05) is 0 Å². The van der Waals surface area contributed by atoms with Crippen molar-refractivity contribution >= 4 is 5.91 Å². The van der Waals surface area contributed by atoms with E-state index < -0.39 is 91.1 Å². The molecule has 0 bridgehead atoms. The number of hydrogen-bond donors (Lipinski definition) is 12. The minimum absolute atomic E-state index is 0.0952. The normalized spacial score (nSPS) is 41.2. The quantitative estimate of drug-likeness (QED) is 0.100. The van der Waals surface area contributed by atoms with E-state index in [0.29, 0.717) is 12.2 Å². The van der Waals surface area contributed by atoms with Crippen molar-refractivity contribution in [1.82, 2.24) is 16.0 Å². The van der Waals surface area contributed by atoms with E-state index in [4.69, 9.17) is 36.5 Å². The third-order valence-corrected chi connectivity index (χ3v) is 8.03. The second-order valence-electron chi connectivity index (χ2n) is 11.3. The summed E-state index contributed by atoms with van der Waals surface area (Å²) < 4.78 is 17.9. The lowest BCUT2D eigenvalue weighted by molar-refractivity contribution is -0.297. The molecule has 2 fully saturated rings. The van der Waals surface area contributed by atoms with Gasteiger partial charge in [-0.3, -0.25) is 4.79 Å². The van der Waals surface area contributed by atoms with Crippen LogP contribution in [-0.4, -0.2) is 149 Å². The third kappa shape index (κ3) is 8.11. The van der Waals surface area contributed by atoms with Gasteiger partial charge in [0.15, 0.2) is 6.29 Å². The SMILES string of the molecule is CN[C@@H]1[C@@H](O)[C@@H](O[C@@H]2[C@@H](O)[C@H](C3OC(CNCC(O)CO)=CC[C@H]3N)[C@@H](N)C[C@H]2NC(=O)[C@H](O)CN)OC[C@]1(C)O. The van der Waals surface area contributed by atoms with Gasteiger partial charge in [0.05, 0.1) is 44.1 Å². The zero-order valence-electron chi connectivity index (χ0n) is 23.5. The Morgan fingerprint density at radius 1 is 1.24 bits per heavy atom. The van der Waals surface area contributed by atoms with Gasteiger partial charge in [-0.25, -0.2) is 0 Å². The first-order valence-electron chi connectivity index (χ1n) is 13.9. The number of carbonyl (C=O) groups is 1. The summed E-state index contributed by atoms with van der Waals surface area (Å²) in [6, 6.07) is -3.01. The summed E-state index contributed by atoms with van der Waals surface area (Å²) >= 11 is 0. The molecule has 15 N–H and O–H groups in total. The second kappa shape index (κ2) is 14.8. The predicted molar refractivity (Wildman–Crippen MR) is 145 cm³/mol. The molecule has 13 atom stereocenters. The largest absolute Gasteiger partial charge is 0.492 e. The van der Waals surface area contributed by atoms with Crippen molar-refractivity contribution in [1.29, 1.82) is 0 Å². The highest BCUT2D eigenvalue weighted by Gasteiger charge is 2.53. The fourth-order valence-electron chi connectivity index (χ4n) is 5.77. The topological polar surface area (TPSA) is 280 Å². The lowest BCUT2D eigenvalue weighted by Gasteiger charge is -2.50. The maximum absolute atomic E-state index is 12.6. The minimum atomic E-state index is -1.50. The third-order valence-electron chi connectivity index (χ3n) is 8.03. The van der Waals surface area contributed by atoms with E-state index in [0.717, 1.165) is 0 Å².